The summed E-state index contributed by atoms with van der Waals surface area (Å²) in [4.78, 5) is 14.2. The first kappa shape index (κ1) is 9.45. The van der Waals surface area contributed by atoms with Crippen LogP contribution < -0.4 is 0 Å². The lowest BCUT2D eigenvalue weighted by Crippen LogP contribution is -1.99. The molecule has 0 saturated carbocycles. The molecule has 0 bridgehead atoms. The summed E-state index contributed by atoms with van der Waals surface area (Å²) in [6.07, 6.45) is 6.33. The van der Waals surface area contributed by atoms with Crippen molar-refractivity contribution in [2.24, 2.45) is 0 Å². The van der Waals surface area contributed by atoms with Crippen LogP contribution in [0.5, 0.6) is 0 Å². The molecule has 1 heterocycles. The molecule has 68 valence electrons. The Balaban J connectivity index is 2.75. The van der Waals surface area contributed by atoms with Crippen molar-refractivity contribution in [3.8, 4) is 0 Å². The molecule has 1 aromatic rings. The monoisotopic (exact) mass is 177 g/mol. The van der Waals surface area contributed by atoms with Crippen LogP contribution in [0.2, 0.25) is 0 Å². The number of hydrogen-bond donors (Lipinski definition) is 1. The first-order chi connectivity index (χ1) is 6.24. The quantitative estimate of drug-likeness (QED) is 0.717. The Kier molecular flexibility index (Phi) is 3.20. The number of nitrogens with zero attached hydrogens (tertiary/aromatic N) is 1. The summed E-state index contributed by atoms with van der Waals surface area (Å²) < 4.78 is 0. The molecule has 0 fully saturated rings. The van der Waals surface area contributed by atoms with E-state index in [1.807, 2.05) is 19.1 Å². The van der Waals surface area contributed by atoms with Gasteiger partial charge in [0, 0.05) is 6.20 Å². The van der Waals surface area contributed by atoms with Crippen LogP contribution in [0.4, 0.5) is 0 Å². The molecule has 0 aliphatic heterocycles. The second-order valence-corrected chi connectivity index (χ2v) is 2.63. The van der Waals surface area contributed by atoms with Gasteiger partial charge in [0.25, 0.3) is 0 Å². The predicted octanol–water partition coefficient (Wildman–Crippen LogP) is 1.90. The third kappa shape index (κ3) is 2.71. The minimum atomic E-state index is -0.988. The fourth-order valence-electron chi connectivity index (χ4n) is 0.926. The van der Waals surface area contributed by atoms with Gasteiger partial charge in [-0.3, -0.25) is 0 Å². The standard InChI is InChI=1S/C10H11NO2/c1-2-3-4-8-5-6-9(10(12)13)11-7-8/h2-3,5-7H,4H2,1H3,(H,12,13)/b3-2+. The maximum Gasteiger partial charge on any atom is 0.354 e. The van der Waals surface area contributed by atoms with E-state index >= 15 is 0 Å². The fourth-order valence-corrected chi connectivity index (χ4v) is 0.926. The first-order valence-electron chi connectivity index (χ1n) is 4.03. The van der Waals surface area contributed by atoms with Crippen molar-refractivity contribution in [2.45, 2.75) is 13.3 Å². The molecule has 1 aromatic heterocycles. The number of carboxylic acid groups (broad SMARTS) is 1. The van der Waals surface area contributed by atoms with E-state index in [2.05, 4.69) is 4.98 Å². The van der Waals surface area contributed by atoms with Crippen LogP contribution in [0.3, 0.4) is 0 Å². The van der Waals surface area contributed by atoms with Gasteiger partial charge < -0.3 is 5.11 Å². The van der Waals surface area contributed by atoms with Gasteiger partial charge in [-0.15, -0.1) is 0 Å². The van der Waals surface area contributed by atoms with E-state index in [4.69, 9.17) is 5.11 Å². The third-order valence-corrected chi connectivity index (χ3v) is 1.63. The predicted molar refractivity (Wildman–Crippen MR) is 49.7 cm³/mol. The average Bonchev–Trinajstić information content (AvgIpc) is 2.15. The Morgan fingerprint density at radius 2 is 2.38 bits per heavy atom. The van der Waals surface area contributed by atoms with Gasteiger partial charge in [-0.1, -0.05) is 18.2 Å². The molecular weight excluding hydrogens is 166 g/mol. The molecule has 1 rings (SSSR count). The number of pyridine rings is 1. The highest BCUT2D eigenvalue weighted by Gasteiger charge is 2.02. The summed E-state index contributed by atoms with van der Waals surface area (Å²) in [7, 11) is 0. The Labute approximate surface area is 76.7 Å². The van der Waals surface area contributed by atoms with Crippen molar-refractivity contribution < 1.29 is 9.90 Å². The first-order valence-corrected chi connectivity index (χ1v) is 4.03. The van der Waals surface area contributed by atoms with Crippen LogP contribution in [0.1, 0.15) is 23.0 Å². The average molecular weight is 177 g/mol. The van der Waals surface area contributed by atoms with Crippen molar-refractivity contribution in [1.29, 1.82) is 0 Å². The van der Waals surface area contributed by atoms with Crippen molar-refractivity contribution in [2.75, 3.05) is 0 Å². The second-order valence-electron chi connectivity index (χ2n) is 2.63. The maximum atomic E-state index is 10.4. The molecule has 1 N–H and O–H groups in total. The van der Waals surface area contributed by atoms with Crippen molar-refractivity contribution in [3.63, 3.8) is 0 Å². The number of aromatic carboxylic acids is 1. The van der Waals surface area contributed by atoms with Crippen LogP contribution in [-0.4, -0.2) is 16.1 Å². The summed E-state index contributed by atoms with van der Waals surface area (Å²) in [5, 5.41) is 8.58. The van der Waals surface area contributed by atoms with Crippen LogP contribution in [0, 0.1) is 0 Å². The fraction of sp³-hybridized carbons (Fsp3) is 0.200. The molecular formula is C10H11NO2. The second kappa shape index (κ2) is 4.40. The number of rotatable bonds is 3. The van der Waals surface area contributed by atoms with Gasteiger partial charge in [0.2, 0.25) is 0 Å². The Morgan fingerprint density at radius 1 is 1.62 bits per heavy atom. The smallest absolute Gasteiger partial charge is 0.354 e. The normalized spacial score (nSPS) is 10.5. The van der Waals surface area contributed by atoms with Crippen molar-refractivity contribution in [1.82, 2.24) is 4.98 Å². The Morgan fingerprint density at radius 3 is 2.85 bits per heavy atom. The number of allylic oxidation sites excluding steroid dienone is 2. The van der Waals surface area contributed by atoms with E-state index in [1.54, 1.807) is 12.3 Å². The van der Waals surface area contributed by atoms with Crippen LogP contribution in [-0.2, 0) is 6.42 Å². The highest BCUT2D eigenvalue weighted by atomic mass is 16.4. The van der Waals surface area contributed by atoms with Crippen molar-refractivity contribution >= 4 is 5.97 Å². The highest BCUT2D eigenvalue weighted by Crippen LogP contribution is 2.01. The van der Waals surface area contributed by atoms with Gasteiger partial charge in [-0.2, -0.15) is 0 Å². The molecule has 0 aromatic carbocycles. The number of carbonyl (C=O) groups is 1. The van der Waals surface area contributed by atoms with E-state index in [0.29, 0.717) is 0 Å². The lowest BCUT2D eigenvalue weighted by molar-refractivity contribution is 0.0690. The van der Waals surface area contributed by atoms with Crippen LogP contribution in [0.15, 0.2) is 30.5 Å². The highest BCUT2D eigenvalue weighted by molar-refractivity contribution is 5.85. The minimum absolute atomic E-state index is 0.0872. The van der Waals surface area contributed by atoms with Gasteiger partial charge in [0.05, 0.1) is 0 Å². The molecule has 3 nitrogen and oxygen atoms in total. The Bertz CT molecular complexity index is 314. The van der Waals surface area contributed by atoms with E-state index in [1.165, 1.54) is 6.07 Å². The number of aromatic nitrogens is 1. The zero-order valence-electron chi connectivity index (χ0n) is 7.40. The summed E-state index contributed by atoms with van der Waals surface area (Å²) in [6, 6.07) is 3.29. The zero-order valence-corrected chi connectivity index (χ0v) is 7.40. The summed E-state index contributed by atoms with van der Waals surface area (Å²) in [6.45, 7) is 1.94. The molecule has 0 unspecified atom stereocenters. The van der Waals surface area contributed by atoms with Gasteiger partial charge >= 0.3 is 5.97 Å². The van der Waals surface area contributed by atoms with Crippen molar-refractivity contribution in [3.05, 3.63) is 41.7 Å². The van der Waals surface area contributed by atoms with Crippen LogP contribution >= 0.6 is 0 Å². The van der Waals surface area contributed by atoms with Gasteiger partial charge in [0.1, 0.15) is 5.69 Å². The number of hydrogen-bond acceptors (Lipinski definition) is 2. The molecule has 0 aliphatic rings. The summed E-state index contributed by atoms with van der Waals surface area (Å²) in [5.41, 5.74) is 1.10. The third-order valence-electron chi connectivity index (χ3n) is 1.63. The maximum absolute atomic E-state index is 10.4. The molecule has 0 aliphatic carbocycles. The van der Waals surface area contributed by atoms with Gasteiger partial charge in [-0.05, 0) is 25.0 Å². The molecule has 0 amide bonds. The van der Waals surface area contributed by atoms with E-state index < -0.39 is 5.97 Å². The minimum Gasteiger partial charge on any atom is -0.477 e. The lowest BCUT2D eigenvalue weighted by Gasteiger charge is -1.96. The van der Waals surface area contributed by atoms with E-state index in [9.17, 15) is 4.79 Å². The van der Waals surface area contributed by atoms with Gasteiger partial charge in [0.15, 0.2) is 0 Å². The molecule has 0 spiro atoms. The molecule has 0 radical (unpaired) electrons. The largest absolute Gasteiger partial charge is 0.477 e. The molecule has 13 heavy (non-hydrogen) atoms. The molecule has 3 heteroatoms. The SMILES string of the molecule is C/C=C/Cc1ccc(C(=O)O)nc1. The Hall–Kier alpha value is -1.64. The number of carboxylic acids is 1. The molecule has 0 saturated heterocycles. The molecule has 0 atom stereocenters. The zero-order chi connectivity index (χ0) is 9.68. The van der Waals surface area contributed by atoms with Crippen LogP contribution in [0.25, 0.3) is 0 Å². The van der Waals surface area contributed by atoms with E-state index in [-0.39, 0.29) is 5.69 Å². The summed E-state index contributed by atoms with van der Waals surface area (Å²) >= 11 is 0. The lowest BCUT2D eigenvalue weighted by atomic mass is 10.2. The topological polar surface area (TPSA) is 50.2 Å². The summed E-state index contributed by atoms with van der Waals surface area (Å²) in [5.74, 6) is -0.988. The van der Waals surface area contributed by atoms with E-state index in [0.717, 1.165) is 12.0 Å². The van der Waals surface area contributed by atoms with Gasteiger partial charge in [-0.25, -0.2) is 9.78 Å².